The number of fused-ring (bicyclic) bond motifs is 1. The Kier molecular flexibility index (Phi) is 5.36. The van der Waals surface area contributed by atoms with Crippen molar-refractivity contribution in [1.29, 1.82) is 0 Å². The van der Waals surface area contributed by atoms with Crippen LogP contribution in [-0.4, -0.2) is 46.3 Å². The van der Waals surface area contributed by atoms with Crippen LogP contribution in [0.15, 0.2) is 47.1 Å². The van der Waals surface area contributed by atoms with Crippen molar-refractivity contribution < 1.29 is 14.3 Å². The van der Waals surface area contributed by atoms with Crippen molar-refractivity contribution in [2.75, 3.05) is 19.8 Å². The molecule has 4 rings (SSSR count). The van der Waals surface area contributed by atoms with E-state index >= 15 is 0 Å². The van der Waals surface area contributed by atoms with Crippen molar-refractivity contribution in [1.82, 2.24) is 14.9 Å². The van der Waals surface area contributed by atoms with E-state index in [0.29, 0.717) is 25.6 Å². The third-order valence-corrected chi connectivity index (χ3v) is 5.27. The Morgan fingerprint density at radius 2 is 2.00 bits per heavy atom. The molecule has 7 heteroatoms. The summed E-state index contributed by atoms with van der Waals surface area (Å²) in [7, 11) is 0. The van der Waals surface area contributed by atoms with Gasteiger partial charge in [0, 0.05) is 16.6 Å². The third-order valence-electron chi connectivity index (χ3n) is 4.78. The standard InChI is InChI=1S/C22H24BrN3O3/c1-22(2,3)29-21(27)26-8-9-28-13-19(26)20-24-12-18(25-20)16-5-4-15-11-17(23)7-6-14(15)10-16/h4-7,10-12,19H,8-9,13H2,1-3H3,(H,24,25). The van der Waals surface area contributed by atoms with Gasteiger partial charge in [-0.3, -0.25) is 4.90 Å². The van der Waals surface area contributed by atoms with Gasteiger partial charge in [-0.25, -0.2) is 9.78 Å². The first kappa shape index (κ1) is 19.9. The van der Waals surface area contributed by atoms with E-state index in [4.69, 9.17) is 9.47 Å². The molecule has 1 aliphatic rings. The van der Waals surface area contributed by atoms with Crippen LogP contribution < -0.4 is 0 Å². The molecule has 1 unspecified atom stereocenters. The lowest BCUT2D eigenvalue weighted by Crippen LogP contribution is -2.46. The summed E-state index contributed by atoms with van der Waals surface area (Å²) in [6, 6.07) is 12.2. The Labute approximate surface area is 178 Å². The molecule has 1 atom stereocenters. The third kappa shape index (κ3) is 4.46. The second-order valence-corrected chi connectivity index (χ2v) is 9.07. The highest BCUT2D eigenvalue weighted by molar-refractivity contribution is 9.10. The lowest BCUT2D eigenvalue weighted by Gasteiger charge is -2.35. The SMILES string of the molecule is CC(C)(C)OC(=O)N1CCOCC1c1ncc(-c2ccc3cc(Br)ccc3c2)[nH]1. The van der Waals surface area contributed by atoms with Crippen molar-refractivity contribution in [2.24, 2.45) is 0 Å². The number of nitrogens with zero attached hydrogens (tertiary/aromatic N) is 2. The molecule has 2 heterocycles. The van der Waals surface area contributed by atoms with E-state index in [1.807, 2.05) is 26.8 Å². The van der Waals surface area contributed by atoms with Crippen molar-refractivity contribution in [2.45, 2.75) is 32.4 Å². The maximum absolute atomic E-state index is 12.7. The molecule has 0 saturated carbocycles. The number of morpholine rings is 1. The van der Waals surface area contributed by atoms with Crippen molar-refractivity contribution in [3.05, 3.63) is 52.9 Å². The quantitative estimate of drug-likeness (QED) is 0.566. The van der Waals surface area contributed by atoms with Crippen molar-refractivity contribution >= 4 is 32.8 Å². The highest BCUT2D eigenvalue weighted by Crippen LogP contribution is 2.29. The van der Waals surface area contributed by atoms with E-state index in [1.54, 1.807) is 11.1 Å². The topological polar surface area (TPSA) is 67.4 Å². The fourth-order valence-corrected chi connectivity index (χ4v) is 3.78. The molecule has 1 N–H and O–H groups in total. The minimum atomic E-state index is -0.547. The molecule has 1 saturated heterocycles. The molecule has 1 aliphatic heterocycles. The number of ether oxygens (including phenoxy) is 2. The van der Waals surface area contributed by atoms with Crippen LogP contribution in [0.2, 0.25) is 0 Å². The van der Waals surface area contributed by atoms with Crippen LogP contribution in [0.3, 0.4) is 0 Å². The molecule has 0 aliphatic carbocycles. The predicted molar refractivity (Wildman–Crippen MR) is 116 cm³/mol. The molecule has 152 valence electrons. The van der Waals surface area contributed by atoms with Gasteiger partial charge in [0.25, 0.3) is 0 Å². The predicted octanol–water partition coefficient (Wildman–Crippen LogP) is 5.30. The number of rotatable bonds is 2. The first-order valence-electron chi connectivity index (χ1n) is 9.62. The summed E-state index contributed by atoms with van der Waals surface area (Å²) in [5, 5.41) is 2.32. The van der Waals surface area contributed by atoms with Crippen molar-refractivity contribution in [3.8, 4) is 11.3 Å². The molecule has 1 fully saturated rings. The first-order valence-corrected chi connectivity index (χ1v) is 10.4. The average Bonchev–Trinajstić information content (AvgIpc) is 3.16. The fourth-order valence-electron chi connectivity index (χ4n) is 3.41. The van der Waals surface area contributed by atoms with Gasteiger partial charge < -0.3 is 14.5 Å². The summed E-state index contributed by atoms with van der Waals surface area (Å²) in [5.41, 5.74) is 1.40. The molecule has 3 aromatic rings. The van der Waals surface area contributed by atoms with Gasteiger partial charge >= 0.3 is 6.09 Å². The van der Waals surface area contributed by atoms with E-state index in [2.05, 4.69) is 56.2 Å². The molecular formula is C22H24BrN3O3. The van der Waals surface area contributed by atoms with E-state index in [1.165, 1.54) is 5.39 Å². The number of aromatic nitrogens is 2. The van der Waals surface area contributed by atoms with E-state index in [9.17, 15) is 4.79 Å². The fraction of sp³-hybridized carbons (Fsp3) is 0.364. The van der Waals surface area contributed by atoms with Crippen LogP contribution in [0.5, 0.6) is 0 Å². The van der Waals surface area contributed by atoms with Crippen molar-refractivity contribution in [3.63, 3.8) is 0 Å². The lowest BCUT2D eigenvalue weighted by atomic mass is 10.1. The Hall–Kier alpha value is -2.38. The zero-order chi connectivity index (χ0) is 20.6. The molecule has 0 bridgehead atoms. The zero-order valence-electron chi connectivity index (χ0n) is 16.7. The van der Waals surface area contributed by atoms with Crippen LogP contribution >= 0.6 is 15.9 Å². The summed E-state index contributed by atoms with van der Waals surface area (Å²) >= 11 is 3.51. The number of imidazole rings is 1. The smallest absolute Gasteiger partial charge is 0.411 e. The van der Waals surface area contributed by atoms with Gasteiger partial charge in [-0.2, -0.15) is 0 Å². The highest BCUT2D eigenvalue weighted by Gasteiger charge is 2.33. The van der Waals surface area contributed by atoms with Gasteiger partial charge in [-0.1, -0.05) is 34.1 Å². The first-order chi connectivity index (χ1) is 13.8. The van der Waals surface area contributed by atoms with E-state index < -0.39 is 5.60 Å². The van der Waals surface area contributed by atoms with E-state index in [-0.39, 0.29) is 12.1 Å². The van der Waals surface area contributed by atoms with Gasteiger partial charge in [-0.15, -0.1) is 0 Å². The minimum absolute atomic E-state index is 0.302. The molecule has 0 radical (unpaired) electrons. The molecular weight excluding hydrogens is 434 g/mol. The Bertz CT molecular complexity index is 1040. The van der Waals surface area contributed by atoms with E-state index in [0.717, 1.165) is 21.1 Å². The number of hydrogen-bond acceptors (Lipinski definition) is 4. The highest BCUT2D eigenvalue weighted by atomic mass is 79.9. The Balaban J connectivity index is 1.60. The number of H-pyrrole nitrogens is 1. The van der Waals surface area contributed by atoms with Crippen LogP contribution in [0.1, 0.15) is 32.6 Å². The Morgan fingerprint density at radius 1 is 1.24 bits per heavy atom. The zero-order valence-corrected chi connectivity index (χ0v) is 18.3. The Morgan fingerprint density at radius 3 is 2.79 bits per heavy atom. The largest absolute Gasteiger partial charge is 0.444 e. The van der Waals surface area contributed by atoms with Crippen LogP contribution in [0, 0.1) is 0 Å². The number of carbonyl (C=O) groups is 1. The summed E-state index contributed by atoms with van der Waals surface area (Å²) < 4.78 is 12.2. The van der Waals surface area contributed by atoms with Crippen LogP contribution in [0.25, 0.3) is 22.0 Å². The number of hydrogen-bond donors (Lipinski definition) is 1. The maximum atomic E-state index is 12.7. The molecule has 2 aromatic carbocycles. The molecule has 1 aromatic heterocycles. The number of nitrogens with one attached hydrogen (secondary N) is 1. The van der Waals surface area contributed by atoms with Gasteiger partial charge in [-0.05, 0) is 49.7 Å². The number of halogens is 1. The second kappa shape index (κ2) is 7.80. The molecule has 1 amide bonds. The molecule has 29 heavy (non-hydrogen) atoms. The van der Waals surface area contributed by atoms with Gasteiger partial charge in [0.2, 0.25) is 0 Å². The van der Waals surface area contributed by atoms with Crippen LogP contribution in [-0.2, 0) is 9.47 Å². The van der Waals surface area contributed by atoms with Gasteiger partial charge in [0.15, 0.2) is 0 Å². The maximum Gasteiger partial charge on any atom is 0.411 e. The summed E-state index contributed by atoms with van der Waals surface area (Å²) in [5.74, 6) is 0.696. The summed E-state index contributed by atoms with van der Waals surface area (Å²) in [6.45, 7) is 6.94. The average molecular weight is 458 g/mol. The lowest BCUT2D eigenvalue weighted by molar-refractivity contribution is -0.0349. The number of amides is 1. The monoisotopic (exact) mass is 457 g/mol. The number of benzene rings is 2. The van der Waals surface area contributed by atoms with Crippen LogP contribution in [0.4, 0.5) is 4.79 Å². The molecule has 6 nitrogen and oxygen atoms in total. The van der Waals surface area contributed by atoms with Gasteiger partial charge in [0.1, 0.15) is 17.5 Å². The van der Waals surface area contributed by atoms with Gasteiger partial charge in [0.05, 0.1) is 25.1 Å². The number of aromatic amines is 1. The molecule has 0 spiro atoms. The number of carbonyl (C=O) groups excluding carboxylic acids is 1. The minimum Gasteiger partial charge on any atom is -0.444 e. The normalized spacial score (nSPS) is 17.5. The summed E-state index contributed by atoms with van der Waals surface area (Å²) in [6.07, 6.45) is 1.46. The summed E-state index contributed by atoms with van der Waals surface area (Å²) in [4.78, 5) is 22.3. The second-order valence-electron chi connectivity index (χ2n) is 8.15.